The van der Waals surface area contributed by atoms with Crippen LogP contribution in [0.1, 0.15) is 37.3 Å². The number of rotatable bonds is 4. The lowest BCUT2D eigenvalue weighted by Crippen LogP contribution is -2.32. The fourth-order valence-corrected chi connectivity index (χ4v) is 2.92. The molecule has 1 fully saturated rings. The molecule has 19 heavy (non-hydrogen) atoms. The van der Waals surface area contributed by atoms with Crippen molar-refractivity contribution >= 4 is 17.3 Å². The van der Waals surface area contributed by atoms with Gasteiger partial charge < -0.3 is 10.8 Å². The number of nitrogens with zero attached hydrogens (tertiary/aromatic N) is 1. The predicted octanol–water partition coefficient (Wildman–Crippen LogP) is 2.80. The first-order valence-corrected chi connectivity index (χ1v) is 6.76. The molecule has 1 saturated carbocycles. The summed E-state index contributed by atoms with van der Waals surface area (Å²) in [7, 11) is 0. The van der Waals surface area contributed by atoms with Crippen molar-refractivity contribution in [3.05, 3.63) is 38.9 Å². The average Bonchev–Trinajstić information content (AvgIpc) is 2.90. The molecule has 1 aromatic carbocycles. The Balaban J connectivity index is 2.28. The highest BCUT2D eigenvalue weighted by molar-refractivity contribution is 6.30. The molecule has 0 heterocycles. The number of benzene rings is 1. The second-order valence-electron chi connectivity index (χ2n) is 5.02. The molecule has 1 aromatic rings. The van der Waals surface area contributed by atoms with E-state index in [2.05, 4.69) is 0 Å². The third-order valence-corrected chi connectivity index (χ3v) is 4.03. The Kier molecular flexibility index (Phi) is 4.39. The van der Waals surface area contributed by atoms with Crippen molar-refractivity contribution < 1.29 is 10.0 Å². The Morgan fingerprint density at radius 3 is 2.63 bits per heavy atom. The largest absolute Gasteiger partial charge is 0.391 e. The zero-order chi connectivity index (χ0) is 14.0. The van der Waals surface area contributed by atoms with Crippen molar-refractivity contribution in [1.29, 1.82) is 0 Å². The van der Waals surface area contributed by atoms with Crippen LogP contribution in [0.4, 0.5) is 5.69 Å². The van der Waals surface area contributed by atoms with Crippen LogP contribution < -0.4 is 5.73 Å². The first-order valence-electron chi connectivity index (χ1n) is 6.38. The summed E-state index contributed by atoms with van der Waals surface area (Å²) in [5, 5.41) is 21.7. The lowest BCUT2D eigenvalue weighted by Gasteiger charge is -2.24. The molecule has 0 radical (unpaired) electrons. The number of hydrogen-bond donors (Lipinski definition) is 2. The standard InChI is InChI=1S/C13H17ClN2O3/c14-9-5-6-11(16(18)19)10(7-9)12(15)13(17)8-3-1-2-4-8/h5-8,12-13,17H,1-4,15H2/t12-,13+/m0/s1. The van der Waals surface area contributed by atoms with E-state index < -0.39 is 17.1 Å². The minimum atomic E-state index is -0.776. The van der Waals surface area contributed by atoms with Crippen LogP contribution in [0.2, 0.25) is 5.02 Å². The van der Waals surface area contributed by atoms with Gasteiger partial charge in [-0.3, -0.25) is 10.1 Å². The van der Waals surface area contributed by atoms with Crippen LogP contribution in [0.15, 0.2) is 18.2 Å². The molecular formula is C13H17ClN2O3. The van der Waals surface area contributed by atoms with E-state index in [1.165, 1.54) is 18.2 Å². The number of nitro groups is 1. The summed E-state index contributed by atoms with van der Waals surface area (Å²) in [5.74, 6) is 0.119. The highest BCUT2D eigenvalue weighted by Gasteiger charge is 2.32. The van der Waals surface area contributed by atoms with E-state index in [1.54, 1.807) is 0 Å². The van der Waals surface area contributed by atoms with Crippen LogP contribution in [0.3, 0.4) is 0 Å². The van der Waals surface area contributed by atoms with E-state index in [-0.39, 0.29) is 11.6 Å². The number of nitrogens with two attached hydrogens (primary N) is 1. The van der Waals surface area contributed by atoms with E-state index in [1.807, 2.05) is 0 Å². The summed E-state index contributed by atoms with van der Waals surface area (Å²) >= 11 is 5.87. The zero-order valence-electron chi connectivity index (χ0n) is 10.5. The molecule has 3 N–H and O–H groups in total. The van der Waals surface area contributed by atoms with Gasteiger partial charge in [0.2, 0.25) is 0 Å². The van der Waals surface area contributed by atoms with E-state index in [4.69, 9.17) is 17.3 Å². The van der Waals surface area contributed by atoms with Gasteiger partial charge in [-0.25, -0.2) is 0 Å². The van der Waals surface area contributed by atoms with Crippen LogP contribution in [0.25, 0.3) is 0 Å². The normalized spacial score (nSPS) is 19.3. The third kappa shape index (κ3) is 3.05. The van der Waals surface area contributed by atoms with Crippen molar-refractivity contribution in [2.75, 3.05) is 0 Å². The van der Waals surface area contributed by atoms with Crippen LogP contribution in [-0.2, 0) is 0 Å². The van der Waals surface area contributed by atoms with E-state index >= 15 is 0 Å². The maximum atomic E-state index is 11.0. The SMILES string of the molecule is N[C@@H](c1cc(Cl)ccc1[N+](=O)[O-])[C@H](O)C1CCCC1. The topological polar surface area (TPSA) is 89.4 Å². The van der Waals surface area contributed by atoms with Gasteiger partial charge in [-0.05, 0) is 30.9 Å². The van der Waals surface area contributed by atoms with Crippen molar-refractivity contribution in [3.63, 3.8) is 0 Å². The molecule has 0 bridgehead atoms. The molecule has 0 spiro atoms. The van der Waals surface area contributed by atoms with Gasteiger partial charge in [0.25, 0.3) is 5.69 Å². The predicted molar refractivity (Wildman–Crippen MR) is 73.0 cm³/mol. The summed E-state index contributed by atoms with van der Waals surface area (Å²) in [6.45, 7) is 0. The molecule has 0 unspecified atom stereocenters. The molecule has 104 valence electrons. The maximum absolute atomic E-state index is 11.0. The Morgan fingerprint density at radius 2 is 2.05 bits per heavy atom. The fourth-order valence-electron chi connectivity index (χ4n) is 2.73. The number of halogens is 1. The monoisotopic (exact) mass is 284 g/mol. The summed E-state index contributed by atoms with van der Waals surface area (Å²) in [5.41, 5.74) is 6.23. The summed E-state index contributed by atoms with van der Waals surface area (Å²) in [6, 6.07) is 3.49. The Hall–Kier alpha value is -1.17. The van der Waals surface area contributed by atoms with Crippen LogP contribution >= 0.6 is 11.6 Å². The quantitative estimate of drug-likeness (QED) is 0.657. The van der Waals surface area contributed by atoms with Crippen LogP contribution in [-0.4, -0.2) is 16.1 Å². The zero-order valence-corrected chi connectivity index (χ0v) is 11.2. The minimum absolute atomic E-state index is 0.0889. The first-order chi connectivity index (χ1) is 9.00. The van der Waals surface area contributed by atoms with Gasteiger partial charge in [-0.2, -0.15) is 0 Å². The Bertz CT molecular complexity index is 475. The fraction of sp³-hybridized carbons (Fsp3) is 0.538. The van der Waals surface area contributed by atoms with Gasteiger partial charge in [0.05, 0.1) is 22.6 Å². The molecule has 2 rings (SSSR count). The molecule has 0 aromatic heterocycles. The molecule has 5 nitrogen and oxygen atoms in total. The smallest absolute Gasteiger partial charge is 0.274 e. The highest BCUT2D eigenvalue weighted by atomic mass is 35.5. The second-order valence-corrected chi connectivity index (χ2v) is 5.46. The molecule has 2 atom stereocenters. The number of hydrogen-bond acceptors (Lipinski definition) is 4. The number of nitro benzene ring substituents is 1. The number of aliphatic hydroxyl groups excluding tert-OH is 1. The van der Waals surface area contributed by atoms with Gasteiger partial charge >= 0.3 is 0 Å². The van der Waals surface area contributed by atoms with E-state index in [9.17, 15) is 15.2 Å². The molecule has 0 saturated heterocycles. The van der Waals surface area contributed by atoms with Crippen LogP contribution in [0.5, 0.6) is 0 Å². The van der Waals surface area contributed by atoms with Crippen molar-refractivity contribution in [2.45, 2.75) is 37.8 Å². The average molecular weight is 285 g/mol. The molecule has 6 heteroatoms. The summed E-state index contributed by atoms with van der Waals surface area (Å²) < 4.78 is 0. The second kappa shape index (κ2) is 5.86. The highest BCUT2D eigenvalue weighted by Crippen LogP contribution is 2.35. The van der Waals surface area contributed by atoms with Gasteiger partial charge in [0, 0.05) is 11.1 Å². The van der Waals surface area contributed by atoms with Gasteiger partial charge in [0.15, 0.2) is 0 Å². The molecule has 0 aliphatic heterocycles. The van der Waals surface area contributed by atoms with Gasteiger partial charge in [-0.15, -0.1) is 0 Å². The Labute approximate surface area is 116 Å². The van der Waals surface area contributed by atoms with E-state index in [0.717, 1.165) is 25.7 Å². The third-order valence-electron chi connectivity index (χ3n) is 3.80. The van der Waals surface area contributed by atoms with Gasteiger partial charge in [-0.1, -0.05) is 24.4 Å². The van der Waals surface area contributed by atoms with Crippen LogP contribution in [0, 0.1) is 16.0 Å². The molecule has 1 aliphatic rings. The summed E-state index contributed by atoms with van der Waals surface area (Å²) in [6.07, 6.45) is 3.23. The molecule has 1 aliphatic carbocycles. The molecule has 0 amide bonds. The number of aliphatic hydroxyl groups is 1. The lowest BCUT2D eigenvalue weighted by molar-refractivity contribution is -0.385. The van der Waals surface area contributed by atoms with Crippen molar-refractivity contribution in [3.8, 4) is 0 Å². The molecular weight excluding hydrogens is 268 g/mol. The Morgan fingerprint density at radius 1 is 1.42 bits per heavy atom. The lowest BCUT2D eigenvalue weighted by atomic mass is 9.90. The first kappa shape index (κ1) is 14.2. The minimum Gasteiger partial charge on any atom is -0.391 e. The van der Waals surface area contributed by atoms with Crippen molar-refractivity contribution in [2.24, 2.45) is 11.7 Å². The van der Waals surface area contributed by atoms with E-state index in [0.29, 0.717) is 10.6 Å². The summed E-state index contributed by atoms with van der Waals surface area (Å²) in [4.78, 5) is 10.5. The van der Waals surface area contributed by atoms with Gasteiger partial charge in [0.1, 0.15) is 0 Å². The van der Waals surface area contributed by atoms with Crippen molar-refractivity contribution in [1.82, 2.24) is 0 Å². The maximum Gasteiger partial charge on any atom is 0.274 e.